The molecular formula is C6H2ClNO2. The highest BCUT2D eigenvalue weighted by Crippen LogP contribution is 2.30. The Morgan fingerprint density at radius 3 is 2.40 bits per heavy atom. The van der Waals surface area contributed by atoms with E-state index in [9.17, 15) is 10.1 Å². The fraction of sp³-hybridized carbons (Fsp3) is 0. The van der Waals surface area contributed by atoms with Crippen LogP contribution in [0.25, 0.3) is 0 Å². The van der Waals surface area contributed by atoms with Gasteiger partial charge in [-0.15, -0.1) is 0 Å². The minimum atomic E-state index is -0.404. The molecule has 2 aliphatic carbocycles. The molecule has 0 aliphatic heterocycles. The second kappa shape index (κ2) is 1.49. The minimum Gasteiger partial charge on any atom is -0.258 e. The largest absolute Gasteiger partial charge is 0.277 e. The lowest BCUT2D eigenvalue weighted by Gasteiger charge is -2.05. The van der Waals surface area contributed by atoms with Gasteiger partial charge in [0.1, 0.15) is 0 Å². The topological polar surface area (TPSA) is 43.1 Å². The molecule has 0 saturated heterocycles. The molecule has 0 unspecified atom stereocenters. The summed E-state index contributed by atoms with van der Waals surface area (Å²) in [6.45, 7) is 0. The molecule has 2 rings (SSSR count). The number of hydrogen-bond acceptors (Lipinski definition) is 2. The van der Waals surface area contributed by atoms with Gasteiger partial charge in [-0.25, -0.2) is 0 Å². The molecule has 0 atom stereocenters. The molecular weight excluding hydrogens is 154 g/mol. The molecule has 0 saturated carbocycles. The van der Waals surface area contributed by atoms with E-state index in [4.69, 9.17) is 11.6 Å². The Morgan fingerprint density at radius 2 is 2.10 bits per heavy atom. The van der Waals surface area contributed by atoms with Crippen molar-refractivity contribution in [2.45, 2.75) is 0 Å². The van der Waals surface area contributed by atoms with Crippen molar-refractivity contribution in [3.63, 3.8) is 0 Å². The first-order chi connectivity index (χ1) is 4.70. The summed E-state index contributed by atoms with van der Waals surface area (Å²) in [5.41, 5.74) is 0.180. The number of hydrogen-bond donors (Lipinski definition) is 0. The molecule has 2 aliphatic rings. The number of benzene rings is 1. The van der Waals surface area contributed by atoms with Crippen LogP contribution < -0.4 is 0 Å². The molecule has 50 valence electrons. The van der Waals surface area contributed by atoms with Gasteiger partial charge in [-0.3, -0.25) is 10.1 Å². The van der Waals surface area contributed by atoms with Crippen LogP contribution in [0.4, 0.5) is 5.69 Å². The highest BCUT2D eigenvalue weighted by molar-refractivity contribution is 6.31. The van der Waals surface area contributed by atoms with Gasteiger partial charge in [0.25, 0.3) is 5.69 Å². The molecule has 0 aromatic rings. The Morgan fingerprint density at radius 1 is 1.40 bits per heavy atom. The van der Waals surface area contributed by atoms with Gasteiger partial charge in [-0.2, -0.15) is 0 Å². The van der Waals surface area contributed by atoms with E-state index in [0.29, 0.717) is 10.2 Å². The Kier molecular flexibility index (Phi) is 0.847. The van der Waals surface area contributed by atoms with Crippen molar-refractivity contribution in [1.82, 2.24) is 0 Å². The molecule has 10 heavy (non-hydrogen) atoms. The summed E-state index contributed by atoms with van der Waals surface area (Å²) in [4.78, 5) is 9.70. The van der Waals surface area contributed by atoms with Gasteiger partial charge in [0.05, 0.1) is 10.1 Å². The monoisotopic (exact) mass is 155 g/mol. The molecule has 0 amide bonds. The van der Waals surface area contributed by atoms with E-state index < -0.39 is 4.92 Å². The second-order valence-electron chi connectivity index (χ2n) is 2.11. The van der Waals surface area contributed by atoms with Gasteiger partial charge in [0, 0.05) is 16.3 Å². The van der Waals surface area contributed by atoms with Crippen molar-refractivity contribution >= 4 is 17.3 Å². The van der Waals surface area contributed by atoms with E-state index in [0.717, 1.165) is 5.22 Å². The lowest BCUT2D eigenvalue weighted by atomic mass is 10.0. The number of nitrogens with zero attached hydrogens (tertiary/aromatic N) is 1. The summed E-state index contributed by atoms with van der Waals surface area (Å²) in [6, 6.07) is 3.09. The molecule has 3 nitrogen and oxygen atoms in total. The van der Waals surface area contributed by atoms with Gasteiger partial charge in [-0.1, -0.05) is 11.6 Å². The van der Waals surface area contributed by atoms with Gasteiger partial charge in [0.2, 0.25) is 0 Å². The molecule has 4 heteroatoms. The molecule has 0 aromatic carbocycles. The molecule has 0 bridgehead atoms. The normalized spacial score (nSPS) is 11.3. The average molecular weight is 156 g/mol. The van der Waals surface area contributed by atoms with Crippen LogP contribution in [0.15, 0.2) is 12.1 Å². The molecule has 0 heterocycles. The SMILES string of the molecule is O=[N+]([O-])c1cc2c(Cl)cc1=2. The predicted molar refractivity (Wildman–Crippen MR) is 35.8 cm³/mol. The summed E-state index contributed by atoms with van der Waals surface area (Å²) >= 11 is 5.55. The maximum atomic E-state index is 10.1. The van der Waals surface area contributed by atoms with Crippen molar-refractivity contribution in [2.24, 2.45) is 0 Å². The van der Waals surface area contributed by atoms with Gasteiger partial charge in [-0.05, 0) is 6.07 Å². The van der Waals surface area contributed by atoms with E-state index in [1.54, 1.807) is 6.07 Å². The molecule has 0 aromatic heterocycles. The predicted octanol–water partition coefficient (Wildman–Crippen LogP) is 1.85. The molecule has 0 fully saturated rings. The number of non-ortho nitro benzene ring substituents is 1. The Balaban J connectivity index is 2.61. The van der Waals surface area contributed by atoms with Gasteiger partial charge in [0.15, 0.2) is 0 Å². The lowest BCUT2D eigenvalue weighted by molar-refractivity contribution is -0.386. The van der Waals surface area contributed by atoms with E-state index in [1.165, 1.54) is 6.07 Å². The second-order valence-corrected chi connectivity index (χ2v) is 2.51. The van der Waals surface area contributed by atoms with E-state index in [2.05, 4.69) is 0 Å². The van der Waals surface area contributed by atoms with Crippen molar-refractivity contribution in [3.05, 3.63) is 37.7 Å². The molecule has 0 radical (unpaired) electrons. The first kappa shape index (κ1) is 5.68. The summed E-state index contributed by atoms with van der Waals surface area (Å²) < 4.78 is 0. The van der Waals surface area contributed by atoms with Gasteiger partial charge < -0.3 is 0 Å². The minimum absolute atomic E-state index is 0.180. The van der Waals surface area contributed by atoms with Gasteiger partial charge >= 0.3 is 0 Å². The number of nitro benzene ring substituents is 1. The van der Waals surface area contributed by atoms with Crippen molar-refractivity contribution in [2.75, 3.05) is 0 Å². The number of halogens is 1. The third-order valence-corrected chi connectivity index (χ3v) is 1.88. The van der Waals surface area contributed by atoms with Crippen LogP contribution >= 0.6 is 11.6 Å². The number of nitro groups is 1. The Labute approximate surface area is 60.7 Å². The highest BCUT2D eigenvalue weighted by Gasteiger charge is 2.19. The summed E-state index contributed by atoms with van der Waals surface area (Å²) in [5, 5.41) is 12.3. The van der Waals surface area contributed by atoms with Crippen LogP contribution in [0.5, 0.6) is 0 Å². The van der Waals surface area contributed by atoms with E-state index >= 15 is 0 Å². The van der Waals surface area contributed by atoms with Crippen LogP contribution in [-0.4, -0.2) is 4.92 Å². The fourth-order valence-corrected chi connectivity index (χ4v) is 1.24. The van der Waals surface area contributed by atoms with Crippen LogP contribution in [-0.2, 0) is 0 Å². The zero-order chi connectivity index (χ0) is 7.30. The summed E-state index contributed by atoms with van der Waals surface area (Å²) in [7, 11) is 0. The lowest BCUT2D eigenvalue weighted by Crippen LogP contribution is -1.98. The third kappa shape index (κ3) is 0.460. The zero-order valence-electron chi connectivity index (χ0n) is 4.80. The van der Waals surface area contributed by atoms with Crippen molar-refractivity contribution < 1.29 is 4.92 Å². The average Bonchev–Trinajstić information content (AvgIpc) is 1.81. The fourth-order valence-electron chi connectivity index (χ4n) is 0.980. The van der Waals surface area contributed by atoms with E-state index in [-0.39, 0.29) is 5.69 Å². The van der Waals surface area contributed by atoms with E-state index in [1.807, 2.05) is 0 Å². The van der Waals surface area contributed by atoms with Crippen LogP contribution in [0.3, 0.4) is 0 Å². The van der Waals surface area contributed by atoms with Crippen molar-refractivity contribution in [3.8, 4) is 0 Å². The standard InChI is InChI=1S/C6H2ClNO2/c7-5-1-4-3(5)2-6(4)8(9)10/h1-2H. The third-order valence-electron chi connectivity index (χ3n) is 1.57. The first-order valence-corrected chi connectivity index (χ1v) is 3.06. The first-order valence-electron chi connectivity index (χ1n) is 2.68. The Hall–Kier alpha value is -1.09. The molecule has 0 N–H and O–H groups in total. The Bertz CT molecular complexity index is 412. The van der Waals surface area contributed by atoms with Crippen LogP contribution in [0.1, 0.15) is 0 Å². The smallest absolute Gasteiger partial charge is 0.258 e. The molecule has 0 spiro atoms. The summed E-state index contributed by atoms with van der Waals surface area (Å²) in [6.07, 6.45) is 0. The maximum absolute atomic E-state index is 10.1. The maximum Gasteiger partial charge on any atom is 0.277 e. The zero-order valence-corrected chi connectivity index (χ0v) is 5.55. The number of rotatable bonds is 1. The highest BCUT2D eigenvalue weighted by atomic mass is 35.5. The summed E-state index contributed by atoms with van der Waals surface area (Å²) in [5.74, 6) is 0. The van der Waals surface area contributed by atoms with Crippen LogP contribution in [0.2, 0.25) is 5.02 Å². The van der Waals surface area contributed by atoms with Crippen molar-refractivity contribution in [1.29, 1.82) is 0 Å². The van der Waals surface area contributed by atoms with Crippen LogP contribution in [0, 0.1) is 20.6 Å². The quantitative estimate of drug-likeness (QED) is 0.466.